The lowest BCUT2D eigenvalue weighted by Crippen LogP contribution is -2.60. The van der Waals surface area contributed by atoms with Crippen molar-refractivity contribution in [3.8, 4) is 0 Å². The Morgan fingerprint density at radius 3 is 2.14 bits per heavy atom. The first-order valence-corrected chi connectivity index (χ1v) is 19.6. The molecule has 0 bridgehead atoms. The Hall–Kier alpha value is -4.95. The third-order valence-electron chi connectivity index (χ3n) is 10.4. The first-order valence-electron chi connectivity index (χ1n) is 18.9. The lowest BCUT2D eigenvalue weighted by molar-refractivity contribution is -0.144. The third-order valence-corrected chi connectivity index (χ3v) is 11.5. The fourth-order valence-corrected chi connectivity index (χ4v) is 8.40. The van der Waals surface area contributed by atoms with Gasteiger partial charge in [-0.3, -0.25) is 28.8 Å². The van der Waals surface area contributed by atoms with Crippen molar-refractivity contribution in [2.75, 3.05) is 27.2 Å². The fourth-order valence-electron chi connectivity index (χ4n) is 7.58. The fraction of sp³-hybridized carbons (Fsp3) is 0.488. The van der Waals surface area contributed by atoms with Crippen molar-refractivity contribution >= 4 is 64.6 Å². The number of hydrogen-bond acceptors (Lipinski definition) is 8. The zero-order valence-corrected chi connectivity index (χ0v) is 34.2. The molecule has 0 aromatic heterocycles. The summed E-state index contributed by atoms with van der Waals surface area (Å²) in [6.45, 7) is 8.18. The van der Waals surface area contributed by atoms with Crippen LogP contribution in [0.4, 0.5) is 4.79 Å². The summed E-state index contributed by atoms with van der Waals surface area (Å²) >= 11 is 13.2. The number of nitrogens with zero attached hydrogens (tertiary/aromatic N) is 2. The van der Waals surface area contributed by atoms with E-state index in [1.807, 2.05) is 24.3 Å². The summed E-state index contributed by atoms with van der Waals surface area (Å²) in [5.41, 5.74) is 1.77. The van der Waals surface area contributed by atoms with Crippen LogP contribution >= 0.6 is 23.2 Å². The molecule has 4 unspecified atom stereocenters. The van der Waals surface area contributed by atoms with E-state index in [0.29, 0.717) is 18.4 Å². The highest BCUT2D eigenvalue weighted by atomic mass is 35.5. The van der Waals surface area contributed by atoms with Crippen molar-refractivity contribution < 1.29 is 38.3 Å². The summed E-state index contributed by atoms with van der Waals surface area (Å²) in [5, 5.41) is 10.3. The first kappa shape index (κ1) is 43.2. The lowest BCUT2D eigenvalue weighted by atomic mass is 9.94. The number of allylic oxidation sites excluding steroid dienone is 1. The van der Waals surface area contributed by atoms with Crippen LogP contribution < -0.4 is 21.3 Å². The van der Waals surface area contributed by atoms with Gasteiger partial charge in [-0.1, -0.05) is 60.7 Å². The van der Waals surface area contributed by atoms with E-state index >= 15 is 0 Å². The average Bonchev–Trinajstić information content (AvgIpc) is 3.51. The highest BCUT2D eigenvalue weighted by Crippen LogP contribution is 2.65. The van der Waals surface area contributed by atoms with E-state index in [2.05, 4.69) is 27.8 Å². The molecule has 1 aliphatic heterocycles. The van der Waals surface area contributed by atoms with Gasteiger partial charge in [0.1, 0.15) is 28.1 Å². The molecular formula is C41H50Cl2N6O8. The topological polar surface area (TPSA) is 183 Å². The van der Waals surface area contributed by atoms with Crippen LogP contribution in [0.2, 0.25) is 0 Å². The average molecular weight is 826 g/mol. The molecule has 6 amide bonds. The van der Waals surface area contributed by atoms with Gasteiger partial charge in [0.25, 0.3) is 5.91 Å². The van der Waals surface area contributed by atoms with E-state index < -0.39 is 93.9 Å². The number of amides is 6. The molecule has 306 valence electrons. The smallest absolute Gasteiger partial charge is 0.408 e. The van der Waals surface area contributed by atoms with E-state index in [4.69, 9.17) is 27.9 Å². The summed E-state index contributed by atoms with van der Waals surface area (Å²) in [4.78, 5) is 97.1. The number of ketones is 1. The quantitative estimate of drug-likeness (QED) is 0.120. The highest BCUT2D eigenvalue weighted by Gasteiger charge is 2.74. The second-order valence-corrected chi connectivity index (χ2v) is 17.4. The number of ether oxygens (including phenoxy) is 1. The summed E-state index contributed by atoms with van der Waals surface area (Å²) < 4.78 is 4.19. The molecule has 0 radical (unpaired) electrons. The Labute approximate surface area is 342 Å². The number of piperidine rings is 1. The zero-order valence-electron chi connectivity index (χ0n) is 32.7. The number of fused-ring (bicyclic) bond motifs is 2. The molecule has 0 spiro atoms. The van der Waals surface area contributed by atoms with Crippen LogP contribution in [0.3, 0.4) is 0 Å². The monoisotopic (exact) mass is 824 g/mol. The number of carbonyl (C=O) groups excluding carboxylic acids is 7. The van der Waals surface area contributed by atoms with Crippen LogP contribution in [-0.2, 0) is 46.3 Å². The first-order chi connectivity index (χ1) is 26.8. The maximum atomic E-state index is 14.6. The van der Waals surface area contributed by atoms with E-state index in [-0.39, 0.29) is 25.3 Å². The Morgan fingerprint density at radius 2 is 1.56 bits per heavy atom. The van der Waals surface area contributed by atoms with Crippen LogP contribution in [0, 0.1) is 17.8 Å². The van der Waals surface area contributed by atoms with Crippen molar-refractivity contribution in [2.45, 2.75) is 80.6 Å². The molecule has 2 aromatic carbocycles. The third kappa shape index (κ3) is 10.1. The molecule has 2 fully saturated rings. The molecule has 2 aromatic rings. The minimum atomic E-state index is -1.37. The van der Waals surface area contributed by atoms with E-state index in [1.54, 1.807) is 65.2 Å². The molecule has 2 aliphatic carbocycles. The van der Waals surface area contributed by atoms with Gasteiger partial charge in [-0.25, -0.2) is 4.79 Å². The largest absolute Gasteiger partial charge is 0.444 e. The SMILES string of the molecule is C=CCCC(NC(=O)C1C2C(CN1C(=O)[C@@H](NC(=O)OC(C)(C)C)C1Cc3ccccc3C1)C2(Cl)Cl)C(=O)C(=O)NCC(=O)N[C@H](C(=O)N(C)C)c1ccccc1. The van der Waals surface area contributed by atoms with E-state index in [9.17, 15) is 33.6 Å². The van der Waals surface area contributed by atoms with Gasteiger partial charge in [0.05, 0.1) is 12.6 Å². The number of hydrogen-bond donors (Lipinski definition) is 4. The van der Waals surface area contributed by atoms with Crippen molar-refractivity contribution in [1.29, 1.82) is 0 Å². The molecule has 1 saturated heterocycles. The van der Waals surface area contributed by atoms with E-state index in [1.165, 1.54) is 15.9 Å². The number of nitrogens with one attached hydrogen (secondary N) is 4. The number of carbonyl (C=O) groups is 7. The number of likely N-dealkylation sites (tertiary alicyclic amines) is 1. The lowest BCUT2D eigenvalue weighted by Gasteiger charge is -2.35. The Morgan fingerprint density at radius 1 is 0.947 bits per heavy atom. The maximum absolute atomic E-state index is 14.6. The second-order valence-electron chi connectivity index (χ2n) is 15.9. The molecule has 4 N–H and O–H groups in total. The molecule has 1 heterocycles. The van der Waals surface area contributed by atoms with Gasteiger partial charge < -0.3 is 35.8 Å². The minimum Gasteiger partial charge on any atom is -0.444 e. The van der Waals surface area contributed by atoms with Gasteiger partial charge in [0, 0.05) is 32.5 Å². The number of alkyl halides is 2. The van der Waals surface area contributed by atoms with Crippen LogP contribution in [0.1, 0.15) is 56.3 Å². The van der Waals surface area contributed by atoms with Gasteiger partial charge in [-0.15, -0.1) is 29.8 Å². The zero-order chi connectivity index (χ0) is 41.8. The summed E-state index contributed by atoms with van der Waals surface area (Å²) in [6, 6.07) is 11.6. The summed E-state index contributed by atoms with van der Waals surface area (Å²) in [7, 11) is 3.09. The molecular weight excluding hydrogens is 775 g/mol. The van der Waals surface area contributed by atoms with Crippen molar-refractivity contribution in [1.82, 2.24) is 31.1 Å². The van der Waals surface area contributed by atoms with Gasteiger partial charge >= 0.3 is 6.09 Å². The number of Topliss-reactive ketones (excluding diaryl/α,β-unsaturated/α-hetero) is 1. The molecule has 3 aliphatic rings. The number of halogens is 2. The van der Waals surface area contributed by atoms with Crippen molar-refractivity contribution in [3.05, 3.63) is 83.9 Å². The summed E-state index contributed by atoms with van der Waals surface area (Å²) in [5.74, 6) is -6.13. The van der Waals surface area contributed by atoms with Crippen LogP contribution in [-0.4, -0.2) is 106 Å². The number of alkyl carbamates (subject to hydrolysis) is 1. The highest BCUT2D eigenvalue weighted by molar-refractivity contribution is 6.51. The minimum absolute atomic E-state index is 0.0158. The Bertz CT molecular complexity index is 1880. The maximum Gasteiger partial charge on any atom is 0.408 e. The number of likely N-dealkylation sites (N-methyl/N-ethyl adjacent to an activating group) is 1. The van der Waals surface area contributed by atoms with E-state index in [0.717, 1.165) is 11.1 Å². The predicted molar refractivity (Wildman–Crippen MR) is 213 cm³/mol. The number of rotatable bonds is 15. The van der Waals surface area contributed by atoms with Gasteiger partial charge in [-0.05, 0) is 69.1 Å². The Balaban J connectivity index is 1.30. The van der Waals surface area contributed by atoms with Crippen LogP contribution in [0.15, 0.2) is 67.3 Å². The predicted octanol–water partition coefficient (Wildman–Crippen LogP) is 3.01. The number of benzene rings is 2. The molecule has 5 rings (SSSR count). The molecule has 1 saturated carbocycles. The van der Waals surface area contributed by atoms with Gasteiger partial charge in [0.2, 0.25) is 29.4 Å². The molecule has 16 heteroatoms. The summed E-state index contributed by atoms with van der Waals surface area (Å²) in [6.07, 6.45) is 1.93. The molecule has 14 nitrogen and oxygen atoms in total. The normalized spacial score (nSPS) is 20.8. The second kappa shape index (κ2) is 17.7. The molecule has 57 heavy (non-hydrogen) atoms. The van der Waals surface area contributed by atoms with Gasteiger partial charge in [-0.2, -0.15) is 0 Å². The standard InChI is InChI=1S/C41H50Cl2N6O8/c1-7-8-18-28(34(51)36(53)44-21-29(50)46-31(37(54)48(5)6)23-14-10-9-11-15-23)45-35(52)33-30-27(41(30,42)43)22-49(33)38(55)32(47-39(56)57-40(2,3)4)26-19-24-16-12-13-17-25(24)20-26/h7,9-17,26-28,30-33H,1,8,18-22H2,2-6H3,(H,44,53)(H,45,52)(H,46,50)(H,47,56)/t27?,28?,30?,31-,32-,33?/m0/s1. The van der Waals surface area contributed by atoms with Crippen LogP contribution in [0.5, 0.6) is 0 Å². The van der Waals surface area contributed by atoms with Crippen LogP contribution in [0.25, 0.3) is 0 Å². The van der Waals surface area contributed by atoms with Gasteiger partial charge in [0.15, 0.2) is 0 Å². The van der Waals surface area contributed by atoms with Crippen molar-refractivity contribution in [2.24, 2.45) is 17.8 Å². The Kier molecular flexibility index (Phi) is 13.4. The molecule has 6 atom stereocenters. The van der Waals surface area contributed by atoms with Crippen molar-refractivity contribution in [3.63, 3.8) is 0 Å².